The molecular formula is C12H15N3O2S2. The van der Waals surface area contributed by atoms with Crippen molar-refractivity contribution in [2.24, 2.45) is 7.05 Å². The average Bonchev–Trinajstić information content (AvgIpc) is 2.95. The van der Waals surface area contributed by atoms with Crippen LogP contribution in [-0.4, -0.2) is 32.6 Å². The number of hydrogen-bond acceptors (Lipinski definition) is 6. The molecule has 0 amide bonds. The zero-order chi connectivity index (χ0) is 13.8. The van der Waals surface area contributed by atoms with E-state index in [1.165, 1.54) is 11.8 Å². The number of aromatic nitrogens is 3. The summed E-state index contributed by atoms with van der Waals surface area (Å²) in [5.41, 5.74) is 0. The predicted octanol–water partition coefficient (Wildman–Crippen LogP) is 2.59. The van der Waals surface area contributed by atoms with Crippen LogP contribution in [0, 0.1) is 0 Å². The van der Waals surface area contributed by atoms with Gasteiger partial charge in [0.05, 0.1) is 16.7 Å². The Hall–Kier alpha value is -1.34. The van der Waals surface area contributed by atoms with Gasteiger partial charge in [0, 0.05) is 7.05 Å². The van der Waals surface area contributed by atoms with E-state index in [4.69, 9.17) is 4.74 Å². The van der Waals surface area contributed by atoms with Crippen molar-refractivity contribution in [1.82, 2.24) is 14.8 Å². The summed E-state index contributed by atoms with van der Waals surface area (Å²) >= 11 is 2.95. The Morgan fingerprint density at radius 1 is 1.53 bits per heavy atom. The summed E-state index contributed by atoms with van der Waals surface area (Å²) in [6, 6.07) is 3.97. The van der Waals surface area contributed by atoms with Crippen LogP contribution in [0.25, 0.3) is 10.7 Å². The molecule has 2 rings (SSSR count). The standard InChI is InChI=1S/C12H15N3O2S2/c1-8(2)17-10(16)7-19-12-14-13-11(15(12)3)9-5-4-6-18-9/h4-6,8H,7H2,1-3H3. The maximum Gasteiger partial charge on any atom is 0.316 e. The first-order valence-electron chi connectivity index (χ1n) is 5.83. The van der Waals surface area contributed by atoms with Crippen molar-refractivity contribution in [1.29, 1.82) is 0 Å². The Balaban J connectivity index is 2.01. The summed E-state index contributed by atoms with van der Waals surface area (Å²) in [7, 11) is 1.89. The highest BCUT2D eigenvalue weighted by Gasteiger charge is 2.14. The number of rotatable bonds is 5. The number of esters is 1. The molecule has 2 aromatic rings. The molecule has 5 nitrogen and oxygen atoms in total. The first-order chi connectivity index (χ1) is 9.08. The van der Waals surface area contributed by atoms with Crippen molar-refractivity contribution in [3.63, 3.8) is 0 Å². The van der Waals surface area contributed by atoms with Gasteiger partial charge in [-0.2, -0.15) is 0 Å². The summed E-state index contributed by atoms with van der Waals surface area (Å²) in [5.74, 6) is 0.824. The molecule has 0 atom stereocenters. The van der Waals surface area contributed by atoms with Gasteiger partial charge in [-0.1, -0.05) is 17.8 Å². The molecule has 7 heteroatoms. The van der Waals surface area contributed by atoms with Gasteiger partial charge in [0.1, 0.15) is 0 Å². The van der Waals surface area contributed by atoms with Crippen LogP contribution in [0.1, 0.15) is 13.8 Å². The molecule has 2 heterocycles. The van der Waals surface area contributed by atoms with Gasteiger partial charge in [-0.25, -0.2) is 0 Å². The summed E-state index contributed by atoms with van der Waals surface area (Å²) in [6.45, 7) is 3.67. The molecule has 0 aliphatic rings. The van der Waals surface area contributed by atoms with Crippen molar-refractivity contribution >= 4 is 29.1 Å². The number of thiophene rings is 1. The fourth-order valence-corrected chi connectivity index (χ4v) is 2.92. The Morgan fingerprint density at radius 2 is 2.32 bits per heavy atom. The van der Waals surface area contributed by atoms with Gasteiger partial charge >= 0.3 is 5.97 Å². The van der Waals surface area contributed by atoms with Gasteiger partial charge in [-0.05, 0) is 25.3 Å². The molecule has 0 aliphatic heterocycles. The number of thioether (sulfide) groups is 1. The van der Waals surface area contributed by atoms with Crippen LogP contribution in [0.2, 0.25) is 0 Å². The van der Waals surface area contributed by atoms with Gasteiger partial charge in [0.2, 0.25) is 0 Å². The smallest absolute Gasteiger partial charge is 0.316 e. The summed E-state index contributed by atoms with van der Waals surface area (Å²) in [6.07, 6.45) is -0.0886. The lowest BCUT2D eigenvalue weighted by molar-refractivity contribution is -0.144. The second-order valence-corrected chi connectivity index (χ2v) is 6.06. The molecule has 0 saturated heterocycles. The number of hydrogen-bond donors (Lipinski definition) is 0. The van der Waals surface area contributed by atoms with Crippen molar-refractivity contribution < 1.29 is 9.53 Å². The number of ether oxygens (including phenoxy) is 1. The van der Waals surface area contributed by atoms with Crippen LogP contribution in [0.4, 0.5) is 0 Å². The lowest BCUT2D eigenvalue weighted by Crippen LogP contribution is -2.13. The molecule has 102 valence electrons. The van der Waals surface area contributed by atoms with E-state index in [9.17, 15) is 4.79 Å². The fraction of sp³-hybridized carbons (Fsp3) is 0.417. The molecule has 19 heavy (non-hydrogen) atoms. The second kappa shape index (κ2) is 6.21. The van der Waals surface area contributed by atoms with Gasteiger partial charge in [0.15, 0.2) is 11.0 Å². The highest BCUT2D eigenvalue weighted by molar-refractivity contribution is 7.99. The first kappa shape index (κ1) is 14.1. The molecule has 0 N–H and O–H groups in total. The monoisotopic (exact) mass is 297 g/mol. The van der Waals surface area contributed by atoms with Crippen molar-refractivity contribution in [3.05, 3.63) is 17.5 Å². The van der Waals surface area contributed by atoms with Crippen LogP contribution >= 0.6 is 23.1 Å². The Bertz CT molecular complexity index is 549. The van der Waals surface area contributed by atoms with Crippen LogP contribution in [0.15, 0.2) is 22.7 Å². The topological polar surface area (TPSA) is 57.0 Å². The predicted molar refractivity (Wildman–Crippen MR) is 76.3 cm³/mol. The van der Waals surface area contributed by atoms with E-state index in [0.717, 1.165) is 10.7 Å². The molecule has 2 aromatic heterocycles. The minimum Gasteiger partial charge on any atom is -0.462 e. The van der Waals surface area contributed by atoms with Gasteiger partial charge in [-0.15, -0.1) is 21.5 Å². The maximum absolute atomic E-state index is 11.5. The zero-order valence-electron chi connectivity index (χ0n) is 11.0. The molecule has 0 saturated carbocycles. The molecule has 0 bridgehead atoms. The Labute approximate surface area is 120 Å². The highest BCUT2D eigenvalue weighted by atomic mass is 32.2. The van der Waals surface area contributed by atoms with E-state index in [2.05, 4.69) is 10.2 Å². The lowest BCUT2D eigenvalue weighted by Gasteiger charge is -2.07. The molecule has 0 unspecified atom stereocenters. The fourth-order valence-electron chi connectivity index (χ4n) is 1.48. The van der Waals surface area contributed by atoms with Gasteiger partial charge in [-0.3, -0.25) is 4.79 Å². The maximum atomic E-state index is 11.5. The highest BCUT2D eigenvalue weighted by Crippen LogP contribution is 2.25. The summed E-state index contributed by atoms with van der Waals surface area (Å²) in [5, 5.41) is 11.0. The van der Waals surface area contributed by atoms with Crippen molar-refractivity contribution in [2.75, 3.05) is 5.75 Å². The minimum atomic E-state index is -0.235. The second-order valence-electron chi connectivity index (χ2n) is 4.17. The largest absolute Gasteiger partial charge is 0.462 e. The lowest BCUT2D eigenvalue weighted by atomic mass is 10.4. The SMILES string of the molecule is CC(C)OC(=O)CSc1nnc(-c2cccs2)n1C. The van der Waals surface area contributed by atoms with Crippen molar-refractivity contribution in [2.45, 2.75) is 25.1 Å². The molecule has 0 fully saturated rings. The normalized spacial score (nSPS) is 10.9. The van der Waals surface area contributed by atoms with Gasteiger partial charge < -0.3 is 9.30 Å². The third-order valence-electron chi connectivity index (χ3n) is 2.26. The minimum absolute atomic E-state index is 0.0886. The third-order valence-corrected chi connectivity index (χ3v) is 4.12. The molecule has 0 aliphatic carbocycles. The third kappa shape index (κ3) is 3.57. The zero-order valence-corrected chi connectivity index (χ0v) is 12.6. The van der Waals surface area contributed by atoms with E-state index in [0.29, 0.717) is 5.16 Å². The molecule has 0 radical (unpaired) electrons. The summed E-state index contributed by atoms with van der Waals surface area (Å²) in [4.78, 5) is 12.5. The Kier molecular flexibility index (Phi) is 4.60. The number of carbonyl (C=O) groups is 1. The van der Waals surface area contributed by atoms with Crippen LogP contribution in [0.5, 0.6) is 0 Å². The Morgan fingerprint density at radius 3 is 2.95 bits per heavy atom. The first-order valence-corrected chi connectivity index (χ1v) is 7.70. The molecule has 0 aromatic carbocycles. The van der Waals surface area contributed by atoms with Crippen LogP contribution in [0.3, 0.4) is 0 Å². The van der Waals surface area contributed by atoms with E-state index >= 15 is 0 Å². The van der Waals surface area contributed by atoms with E-state index in [1.54, 1.807) is 11.3 Å². The average molecular weight is 297 g/mol. The van der Waals surface area contributed by atoms with Crippen LogP contribution in [-0.2, 0) is 16.6 Å². The number of nitrogens with zero attached hydrogens (tertiary/aromatic N) is 3. The van der Waals surface area contributed by atoms with Crippen molar-refractivity contribution in [3.8, 4) is 10.7 Å². The van der Waals surface area contributed by atoms with Gasteiger partial charge in [0.25, 0.3) is 0 Å². The summed E-state index contributed by atoms with van der Waals surface area (Å²) < 4.78 is 6.96. The molecular weight excluding hydrogens is 282 g/mol. The van der Waals surface area contributed by atoms with Crippen LogP contribution < -0.4 is 0 Å². The quantitative estimate of drug-likeness (QED) is 0.627. The van der Waals surface area contributed by atoms with E-state index < -0.39 is 0 Å². The molecule has 0 spiro atoms. The van der Waals surface area contributed by atoms with E-state index in [1.807, 2.05) is 43.0 Å². The van der Waals surface area contributed by atoms with E-state index in [-0.39, 0.29) is 17.8 Å². The number of carbonyl (C=O) groups excluding carboxylic acids is 1.